The highest BCUT2D eigenvalue weighted by molar-refractivity contribution is 5.65. The zero-order chi connectivity index (χ0) is 15.4. The van der Waals surface area contributed by atoms with E-state index in [-0.39, 0.29) is 0 Å². The van der Waals surface area contributed by atoms with Crippen molar-refractivity contribution in [3.8, 4) is 0 Å². The molecule has 1 aromatic carbocycles. The second-order valence-corrected chi connectivity index (χ2v) is 6.16. The number of anilines is 3. The molecule has 1 fully saturated rings. The molecule has 2 aromatic rings. The topological polar surface area (TPSA) is 49.8 Å². The van der Waals surface area contributed by atoms with Crippen molar-refractivity contribution in [3.63, 3.8) is 0 Å². The summed E-state index contributed by atoms with van der Waals surface area (Å²) >= 11 is 0. The highest BCUT2D eigenvalue weighted by Gasteiger charge is 2.13. The minimum Gasteiger partial charge on any atom is -0.367 e. The van der Waals surface area contributed by atoms with Gasteiger partial charge in [0.2, 0.25) is 0 Å². The number of nitrogens with one attached hydrogen (secondary N) is 2. The molecule has 1 aliphatic rings. The molecule has 0 saturated heterocycles. The molecular weight excluding hydrogens is 272 g/mol. The number of para-hydroxylation sites is 1. The van der Waals surface area contributed by atoms with Crippen LogP contribution in [0.5, 0.6) is 0 Å². The minimum atomic E-state index is 0.552. The maximum Gasteiger partial charge on any atom is 0.135 e. The lowest BCUT2D eigenvalue weighted by atomic mass is 9.95. The van der Waals surface area contributed by atoms with Gasteiger partial charge in [-0.25, -0.2) is 9.97 Å². The van der Waals surface area contributed by atoms with Crippen molar-refractivity contribution in [3.05, 3.63) is 41.7 Å². The van der Waals surface area contributed by atoms with Crippen molar-refractivity contribution in [1.29, 1.82) is 0 Å². The van der Waals surface area contributed by atoms with E-state index < -0.39 is 0 Å². The van der Waals surface area contributed by atoms with Crippen LogP contribution in [-0.4, -0.2) is 16.0 Å². The Morgan fingerprint density at radius 1 is 0.955 bits per heavy atom. The predicted molar refractivity (Wildman–Crippen MR) is 91.7 cm³/mol. The molecule has 0 amide bonds. The van der Waals surface area contributed by atoms with Crippen LogP contribution >= 0.6 is 0 Å². The SMILES string of the molecule is Cc1cccc(C)c1Nc1cc(NC2CCCCC2)ncn1. The molecule has 0 radical (unpaired) electrons. The van der Waals surface area contributed by atoms with E-state index in [2.05, 4.69) is 52.6 Å². The van der Waals surface area contributed by atoms with Gasteiger partial charge in [0.25, 0.3) is 0 Å². The quantitative estimate of drug-likeness (QED) is 0.867. The van der Waals surface area contributed by atoms with Crippen LogP contribution in [0.2, 0.25) is 0 Å². The maximum atomic E-state index is 4.36. The normalized spacial score (nSPS) is 15.5. The number of benzene rings is 1. The standard InChI is InChI=1S/C18H24N4/c1-13-7-6-8-14(2)18(13)22-17-11-16(19-12-20-17)21-15-9-4-3-5-10-15/h6-8,11-12,15H,3-5,9-10H2,1-2H3,(H2,19,20,21,22). The summed E-state index contributed by atoms with van der Waals surface area (Å²) in [7, 11) is 0. The summed E-state index contributed by atoms with van der Waals surface area (Å²) in [5.41, 5.74) is 3.57. The molecule has 3 rings (SSSR count). The Balaban J connectivity index is 1.73. The van der Waals surface area contributed by atoms with Gasteiger partial charge < -0.3 is 10.6 Å². The summed E-state index contributed by atoms with van der Waals surface area (Å²) in [6.45, 7) is 4.22. The Morgan fingerprint density at radius 3 is 2.36 bits per heavy atom. The second kappa shape index (κ2) is 6.77. The average molecular weight is 296 g/mol. The number of hydrogen-bond acceptors (Lipinski definition) is 4. The van der Waals surface area contributed by atoms with E-state index in [9.17, 15) is 0 Å². The van der Waals surface area contributed by atoms with Crippen molar-refractivity contribution in [2.45, 2.75) is 52.0 Å². The summed E-state index contributed by atoms with van der Waals surface area (Å²) in [4.78, 5) is 8.71. The number of hydrogen-bond donors (Lipinski definition) is 2. The summed E-state index contributed by atoms with van der Waals surface area (Å²) in [5.74, 6) is 1.75. The van der Waals surface area contributed by atoms with E-state index in [1.165, 1.54) is 43.2 Å². The van der Waals surface area contributed by atoms with E-state index in [0.29, 0.717) is 6.04 Å². The first kappa shape index (κ1) is 14.8. The van der Waals surface area contributed by atoms with Crippen molar-refractivity contribution >= 4 is 17.3 Å². The van der Waals surface area contributed by atoms with Crippen LogP contribution in [0.4, 0.5) is 17.3 Å². The van der Waals surface area contributed by atoms with Gasteiger partial charge in [-0.2, -0.15) is 0 Å². The largest absolute Gasteiger partial charge is 0.367 e. The molecule has 1 aromatic heterocycles. The van der Waals surface area contributed by atoms with Gasteiger partial charge in [0.15, 0.2) is 0 Å². The van der Waals surface area contributed by atoms with E-state index in [1.54, 1.807) is 6.33 Å². The third kappa shape index (κ3) is 3.56. The Hall–Kier alpha value is -2.10. The van der Waals surface area contributed by atoms with E-state index in [4.69, 9.17) is 0 Å². The molecule has 116 valence electrons. The van der Waals surface area contributed by atoms with Crippen LogP contribution in [0.15, 0.2) is 30.6 Å². The molecule has 0 aliphatic heterocycles. The fourth-order valence-corrected chi connectivity index (χ4v) is 3.10. The summed E-state index contributed by atoms with van der Waals surface area (Å²) in [5, 5.41) is 6.97. The van der Waals surface area contributed by atoms with Crippen molar-refractivity contribution in [2.24, 2.45) is 0 Å². The first-order valence-corrected chi connectivity index (χ1v) is 8.14. The van der Waals surface area contributed by atoms with Gasteiger partial charge >= 0.3 is 0 Å². The van der Waals surface area contributed by atoms with Crippen molar-refractivity contribution in [2.75, 3.05) is 10.6 Å². The monoisotopic (exact) mass is 296 g/mol. The van der Waals surface area contributed by atoms with Crippen LogP contribution in [0, 0.1) is 13.8 Å². The third-order valence-corrected chi connectivity index (χ3v) is 4.36. The number of aromatic nitrogens is 2. The lowest BCUT2D eigenvalue weighted by Gasteiger charge is -2.23. The van der Waals surface area contributed by atoms with Crippen LogP contribution in [0.25, 0.3) is 0 Å². The predicted octanol–water partition coefficient (Wildman–Crippen LogP) is 4.58. The number of aryl methyl sites for hydroxylation is 2. The molecule has 0 unspecified atom stereocenters. The van der Waals surface area contributed by atoms with Crippen LogP contribution < -0.4 is 10.6 Å². The highest BCUT2D eigenvalue weighted by atomic mass is 15.1. The second-order valence-electron chi connectivity index (χ2n) is 6.16. The molecule has 4 heteroatoms. The molecule has 2 N–H and O–H groups in total. The van der Waals surface area contributed by atoms with Crippen LogP contribution in [0.1, 0.15) is 43.2 Å². The van der Waals surface area contributed by atoms with Gasteiger partial charge in [0, 0.05) is 17.8 Å². The van der Waals surface area contributed by atoms with Crippen LogP contribution in [-0.2, 0) is 0 Å². The summed E-state index contributed by atoms with van der Waals surface area (Å²) < 4.78 is 0. The minimum absolute atomic E-state index is 0.552. The maximum absolute atomic E-state index is 4.36. The Kier molecular flexibility index (Phi) is 4.56. The van der Waals surface area contributed by atoms with Crippen molar-refractivity contribution in [1.82, 2.24) is 9.97 Å². The van der Waals surface area contributed by atoms with Gasteiger partial charge in [-0.05, 0) is 37.8 Å². The first-order chi connectivity index (χ1) is 10.7. The first-order valence-electron chi connectivity index (χ1n) is 8.14. The van der Waals surface area contributed by atoms with Gasteiger partial charge in [0.1, 0.15) is 18.0 Å². The summed E-state index contributed by atoms with van der Waals surface area (Å²) in [6.07, 6.45) is 8.10. The smallest absolute Gasteiger partial charge is 0.135 e. The molecule has 22 heavy (non-hydrogen) atoms. The van der Waals surface area contributed by atoms with E-state index >= 15 is 0 Å². The molecule has 1 saturated carbocycles. The Labute approximate surface area is 132 Å². The van der Waals surface area contributed by atoms with Crippen LogP contribution in [0.3, 0.4) is 0 Å². The Bertz CT molecular complexity index is 612. The Morgan fingerprint density at radius 2 is 1.64 bits per heavy atom. The van der Waals surface area contributed by atoms with Gasteiger partial charge in [0.05, 0.1) is 0 Å². The average Bonchev–Trinajstić information content (AvgIpc) is 2.53. The highest BCUT2D eigenvalue weighted by Crippen LogP contribution is 2.25. The van der Waals surface area contributed by atoms with Gasteiger partial charge in [-0.1, -0.05) is 37.5 Å². The fourth-order valence-electron chi connectivity index (χ4n) is 3.10. The molecule has 0 spiro atoms. The van der Waals surface area contributed by atoms with E-state index in [0.717, 1.165) is 17.3 Å². The molecule has 0 atom stereocenters. The lowest BCUT2D eigenvalue weighted by Crippen LogP contribution is -2.22. The summed E-state index contributed by atoms with van der Waals surface area (Å²) in [6, 6.07) is 8.85. The van der Waals surface area contributed by atoms with E-state index in [1.807, 2.05) is 6.07 Å². The van der Waals surface area contributed by atoms with Crippen molar-refractivity contribution < 1.29 is 0 Å². The fraction of sp³-hybridized carbons (Fsp3) is 0.444. The molecule has 1 heterocycles. The number of nitrogens with zero attached hydrogens (tertiary/aromatic N) is 2. The van der Waals surface area contributed by atoms with Gasteiger partial charge in [-0.15, -0.1) is 0 Å². The van der Waals surface area contributed by atoms with Gasteiger partial charge in [-0.3, -0.25) is 0 Å². The number of rotatable bonds is 4. The molecule has 4 nitrogen and oxygen atoms in total. The molecular formula is C18H24N4. The zero-order valence-corrected chi connectivity index (χ0v) is 13.4. The molecule has 1 aliphatic carbocycles. The lowest BCUT2D eigenvalue weighted by molar-refractivity contribution is 0.462. The zero-order valence-electron chi connectivity index (χ0n) is 13.4. The third-order valence-electron chi connectivity index (χ3n) is 4.36. The molecule has 0 bridgehead atoms.